The van der Waals surface area contributed by atoms with Gasteiger partial charge in [0.15, 0.2) is 11.0 Å². The van der Waals surface area contributed by atoms with Crippen molar-refractivity contribution in [2.45, 2.75) is 6.18 Å². The molecule has 0 aliphatic heterocycles. The van der Waals surface area contributed by atoms with Gasteiger partial charge in [-0.3, -0.25) is 4.18 Å². The second-order valence-corrected chi connectivity index (χ2v) is 7.13. The topological polar surface area (TPSA) is 75.2 Å². The summed E-state index contributed by atoms with van der Waals surface area (Å²) >= 11 is 23.6. The fourth-order valence-electron chi connectivity index (χ4n) is 2.04. The normalized spacial score (nSPS) is 12.3. The van der Waals surface area contributed by atoms with Crippen LogP contribution in [0.5, 0.6) is 0 Å². The highest BCUT2D eigenvalue weighted by molar-refractivity contribution is 7.80. The van der Waals surface area contributed by atoms with Crippen molar-refractivity contribution >= 4 is 67.8 Å². The summed E-state index contributed by atoms with van der Waals surface area (Å²) in [5.74, 6) is -0.912. The minimum atomic E-state index is -4.56. The Hall–Kier alpha value is -0.490. The molecule has 0 bridgehead atoms. The van der Waals surface area contributed by atoms with Gasteiger partial charge in [0, 0.05) is 0 Å². The minimum Gasteiger partial charge on any atom is -0.726 e. The molecule has 142 valence electrons. The number of alkyl halides is 3. The van der Waals surface area contributed by atoms with E-state index in [2.05, 4.69) is 4.18 Å². The number of nitrogens with zero attached hydrogens (tertiary/aromatic N) is 2. The Morgan fingerprint density at radius 2 is 1.48 bits per heavy atom. The molecule has 0 spiro atoms. The van der Waals surface area contributed by atoms with Crippen LogP contribution in [-0.4, -0.2) is 24.6 Å². The van der Waals surface area contributed by atoms with Crippen molar-refractivity contribution in [2.75, 3.05) is 7.11 Å². The molecule has 0 radical (unpaired) electrons. The van der Waals surface area contributed by atoms with Crippen molar-refractivity contribution in [3.63, 3.8) is 0 Å². The SMILES string of the molecule is COS(=O)(=O)[O-].Cn1c(C(F)(F)F)[n+](C)c2c(Cl)c(Cl)c(Cl)c(Cl)c21. The lowest BCUT2D eigenvalue weighted by Crippen LogP contribution is -2.38. The van der Waals surface area contributed by atoms with Crippen LogP contribution in [0.3, 0.4) is 0 Å². The van der Waals surface area contributed by atoms with Crippen molar-refractivity contribution in [3.8, 4) is 0 Å². The Balaban J connectivity index is 0.000000450. The van der Waals surface area contributed by atoms with Crippen LogP contribution in [0.25, 0.3) is 11.0 Å². The van der Waals surface area contributed by atoms with E-state index in [9.17, 15) is 26.1 Å². The Morgan fingerprint density at radius 3 is 1.84 bits per heavy atom. The number of benzene rings is 1. The number of fused-ring (bicyclic) bond motifs is 1. The maximum Gasteiger partial charge on any atom is 0.495 e. The molecule has 25 heavy (non-hydrogen) atoms. The zero-order valence-electron chi connectivity index (χ0n) is 12.6. The Bertz CT molecular complexity index is 877. The van der Waals surface area contributed by atoms with E-state index in [1.807, 2.05) is 0 Å². The molecule has 0 atom stereocenters. The number of hydrogen-bond acceptors (Lipinski definition) is 4. The molecule has 14 heteroatoms. The Morgan fingerprint density at radius 1 is 1.08 bits per heavy atom. The lowest BCUT2D eigenvalue weighted by molar-refractivity contribution is -0.667. The highest BCUT2D eigenvalue weighted by Gasteiger charge is 2.46. The molecule has 0 saturated carbocycles. The highest BCUT2D eigenvalue weighted by atomic mass is 35.5. The van der Waals surface area contributed by atoms with Crippen molar-refractivity contribution in [2.24, 2.45) is 14.1 Å². The smallest absolute Gasteiger partial charge is 0.495 e. The van der Waals surface area contributed by atoms with Crippen molar-refractivity contribution < 1.29 is 34.9 Å². The summed E-state index contributed by atoms with van der Waals surface area (Å²) in [4.78, 5) is 0. The van der Waals surface area contributed by atoms with Crippen LogP contribution >= 0.6 is 46.4 Å². The predicted octanol–water partition coefficient (Wildman–Crippen LogP) is 3.73. The van der Waals surface area contributed by atoms with Gasteiger partial charge in [-0.2, -0.15) is 13.2 Å². The van der Waals surface area contributed by atoms with Gasteiger partial charge in [-0.25, -0.2) is 17.6 Å². The number of hydrogen-bond donors (Lipinski definition) is 0. The van der Waals surface area contributed by atoms with E-state index in [1.54, 1.807) is 0 Å². The van der Waals surface area contributed by atoms with Crippen LogP contribution in [0, 0.1) is 0 Å². The zero-order valence-corrected chi connectivity index (χ0v) is 16.4. The standard InChI is InChI=1S/C10H6Cl4F3N2.CH4O4S/c1-18-7-5(13)3(11)4(12)6(14)8(7)19(2)9(18)10(15,16)17;1-5-6(2,3)4/h1-2H3;1H3,(H,2,3,4)/q+1;/p-1. The van der Waals surface area contributed by atoms with Gasteiger partial charge in [0.1, 0.15) is 10.0 Å². The average Bonchev–Trinajstić information content (AvgIpc) is 2.73. The largest absolute Gasteiger partial charge is 0.726 e. The van der Waals surface area contributed by atoms with E-state index in [4.69, 9.17) is 46.4 Å². The first kappa shape index (κ1) is 22.6. The third-order valence-electron chi connectivity index (χ3n) is 2.98. The summed E-state index contributed by atoms with van der Waals surface area (Å²) < 4.78 is 71.9. The second-order valence-electron chi connectivity index (χ2n) is 4.47. The van der Waals surface area contributed by atoms with Gasteiger partial charge in [0.2, 0.25) is 10.4 Å². The van der Waals surface area contributed by atoms with Gasteiger partial charge in [0.05, 0.1) is 31.3 Å². The predicted molar refractivity (Wildman–Crippen MR) is 85.8 cm³/mol. The van der Waals surface area contributed by atoms with E-state index in [0.717, 1.165) is 16.2 Å². The number of aryl methyl sites for hydroxylation is 2. The molecular weight excluding hydrogens is 455 g/mol. The van der Waals surface area contributed by atoms with Crippen molar-refractivity contribution in [1.29, 1.82) is 0 Å². The Labute approximate surface area is 160 Å². The molecule has 0 saturated heterocycles. The fraction of sp³-hybridized carbons (Fsp3) is 0.364. The summed E-state index contributed by atoms with van der Waals surface area (Å²) in [6.45, 7) is 0. The van der Waals surface area contributed by atoms with E-state index in [-0.39, 0.29) is 31.1 Å². The zero-order chi connectivity index (χ0) is 19.9. The first-order valence-corrected chi connectivity index (χ1v) is 8.78. The minimum absolute atomic E-state index is 0.0698. The van der Waals surface area contributed by atoms with Gasteiger partial charge in [-0.1, -0.05) is 46.4 Å². The lowest BCUT2D eigenvalue weighted by Gasteiger charge is -2.02. The highest BCUT2D eigenvalue weighted by Crippen LogP contribution is 2.43. The van der Waals surface area contributed by atoms with Crippen LogP contribution in [0.4, 0.5) is 13.2 Å². The van der Waals surface area contributed by atoms with Crippen LogP contribution in [0.2, 0.25) is 20.1 Å². The van der Waals surface area contributed by atoms with Crippen LogP contribution < -0.4 is 4.57 Å². The van der Waals surface area contributed by atoms with E-state index in [1.165, 1.54) is 14.1 Å². The molecule has 6 nitrogen and oxygen atoms in total. The van der Waals surface area contributed by atoms with Crippen LogP contribution in [-0.2, 0) is 34.9 Å². The molecule has 0 fully saturated rings. The molecule has 1 aromatic carbocycles. The van der Waals surface area contributed by atoms with Gasteiger partial charge in [0.25, 0.3) is 0 Å². The first-order chi connectivity index (χ1) is 11.1. The van der Waals surface area contributed by atoms with Gasteiger partial charge in [-0.05, 0) is 0 Å². The Kier molecular flexibility index (Phi) is 6.88. The first-order valence-electron chi connectivity index (χ1n) is 5.94. The van der Waals surface area contributed by atoms with Gasteiger partial charge >= 0.3 is 12.0 Å². The molecule has 2 aromatic rings. The quantitative estimate of drug-likeness (QED) is 0.212. The van der Waals surface area contributed by atoms with E-state index >= 15 is 0 Å². The summed E-state index contributed by atoms with van der Waals surface area (Å²) in [6, 6.07) is 0. The second kappa shape index (κ2) is 7.63. The third-order valence-corrected chi connectivity index (χ3v) is 5.17. The number of aromatic nitrogens is 2. The van der Waals surface area contributed by atoms with Crippen LogP contribution in [0.1, 0.15) is 5.82 Å². The number of imidazole rings is 1. The lowest BCUT2D eigenvalue weighted by atomic mass is 10.3. The van der Waals surface area contributed by atoms with E-state index in [0.29, 0.717) is 0 Å². The van der Waals surface area contributed by atoms with Crippen molar-refractivity contribution in [1.82, 2.24) is 4.57 Å². The summed E-state index contributed by atoms with van der Waals surface area (Å²) in [6.07, 6.45) is -4.56. The molecule has 1 heterocycles. The maximum absolute atomic E-state index is 13.0. The molecule has 0 aliphatic rings. The van der Waals surface area contributed by atoms with Gasteiger partial charge < -0.3 is 4.55 Å². The van der Waals surface area contributed by atoms with Gasteiger partial charge in [-0.15, -0.1) is 0 Å². The fourth-order valence-corrected chi connectivity index (χ4v) is 3.12. The van der Waals surface area contributed by atoms with E-state index < -0.39 is 22.4 Å². The number of halogens is 7. The molecule has 0 unspecified atom stereocenters. The molecule has 2 rings (SSSR count). The number of rotatable bonds is 1. The third kappa shape index (κ3) is 4.62. The summed E-state index contributed by atoms with van der Waals surface area (Å²) in [5.41, 5.74) is 0.159. The molecule has 0 aliphatic carbocycles. The van der Waals surface area contributed by atoms with Crippen LogP contribution in [0.15, 0.2) is 0 Å². The molecule has 0 amide bonds. The molecular formula is C11H9Cl4F3N2O4S. The molecule has 1 aromatic heterocycles. The maximum atomic E-state index is 13.0. The van der Waals surface area contributed by atoms with Crippen molar-refractivity contribution in [3.05, 3.63) is 25.9 Å². The summed E-state index contributed by atoms with van der Waals surface area (Å²) in [7, 11) is -1.14. The average molecular weight is 464 g/mol. The molecule has 0 N–H and O–H groups in total. The monoisotopic (exact) mass is 462 g/mol. The summed E-state index contributed by atoms with van der Waals surface area (Å²) in [5, 5.41) is -0.286.